The van der Waals surface area contributed by atoms with Crippen LogP contribution in [0.5, 0.6) is 0 Å². The average Bonchev–Trinajstić information content (AvgIpc) is 2.69. The molecule has 0 aliphatic carbocycles. The van der Waals surface area contributed by atoms with Crippen molar-refractivity contribution in [1.82, 2.24) is 0 Å². The molecule has 0 spiro atoms. The van der Waals surface area contributed by atoms with Crippen LogP contribution in [0.2, 0.25) is 0 Å². The lowest BCUT2D eigenvalue weighted by Crippen LogP contribution is -2.23. The first kappa shape index (κ1) is 12.0. The minimum Gasteiger partial charge on any atom is -0.381 e. The normalized spacial score (nSPS) is 17.9. The van der Waals surface area contributed by atoms with E-state index in [4.69, 9.17) is 15.2 Å². The van der Waals surface area contributed by atoms with E-state index < -0.39 is 0 Å². The fraction of sp³-hybridized carbons (Fsp3) is 0.667. The molecule has 0 amide bonds. The zero-order valence-electron chi connectivity index (χ0n) is 9.70. The predicted octanol–water partition coefficient (Wildman–Crippen LogP) is 2.21. The van der Waals surface area contributed by atoms with E-state index in [9.17, 15) is 0 Å². The van der Waals surface area contributed by atoms with Crippen molar-refractivity contribution in [3.05, 3.63) is 21.4 Å². The Morgan fingerprint density at radius 1 is 1.50 bits per heavy atom. The van der Waals surface area contributed by atoms with Crippen LogP contribution in [-0.2, 0) is 22.6 Å². The summed E-state index contributed by atoms with van der Waals surface area (Å²) in [6, 6.07) is 2.17. The summed E-state index contributed by atoms with van der Waals surface area (Å²) in [5.41, 5.74) is 6.91. The van der Waals surface area contributed by atoms with Crippen LogP contribution in [0.4, 0.5) is 0 Å². The number of hydrogen-bond acceptors (Lipinski definition) is 4. The summed E-state index contributed by atoms with van der Waals surface area (Å²) < 4.78 is 11.2. The van der Waals surface area contributed by atoms with Gasteiger partial charge in [-0.05, 0) is 31.4 Å². The van der Waals surface area contributed by atoms with Crippen molar-refractivity contribution >= 4 is 11.3 Å². The molecular formula is C12H19NO2S. The summed E-state index contributed by atoms with van der Waals surface area (Å²) in [5.74, 6) is 0. The second-order valence-corrected chi connectivity index (χ2v) is 5.46. The van der Waals surface area contributed by atoms with Crippen LogP contribution < -0.4 is 5.73 Å². The van der Waals surface area contributed by atoms with Gasteiger partial charge in [-0.25, -0.2) is 0 Å². The number of hydrogen-bond donors (Lipinski definition) is 1. The van der Waals surface area contributed by atoms with Crippen molar-refractivity contribution in [2.75, 3.05) is 13.2 Å². The van der Waals surface area contributed by atoms with Crippen LogP contribution in [0.15, 0.2) is 6.07 Å². The molecular weight excluding hydrogens is 222 g/mol. The lowest BCUT2D eigenvalue weighted by molar-refractivity contribution is -0.0390. The third kappa shape index (κ3) is 3.04. The van der Waals surface area contributed by atoms with Crippen LogP contribution >= 0.6 is 11.3 Å². The number of nitrogens with two attached hydrogens (primary N) is 1. The molecule has 0 saturated carbocycles. The van der Waals surface area contributed by atoms with Gasteiger partial charge in [0.05, 0.1) is 12.7 Å². The summed E-state index contributed by atoms with van der Waals surface area (Å²) in [7, 11) is 0. The molecule has 0 bridgehead atoms. The van der Waals surface area contributed by atoms with Crippen LogP contribution in [0.25, 0.3) is 0 Å². The zero-order valence-corrected chi connectivity index (χ0v) is 10.5. The Bertz CT molecular complexity index is 332. The fourth-order valence-electron chi connectivity index (χ4n) is 1.88. The lowest BCUT2D eigenvalue weighted by atomic mass is 10.1. The molecule has 2 heterocycles. The molecule has 1 aliphatic rings. The molecule has 16 heavy (non-hydrogen) atoms. The van der Waals surface area contributed by atoms with Crippen LogP contribution in [0.1, 0.15) is 28.2 Å². The van der Waals surface area contributed by atoms with Gasteiger partial charge in [0, 0.05) is 29.5 Å². The molecule has 1 aromatic heterocycles. The van der Waals surface area contributed by atoms with Crippen LogP contribution in [-0.4, -0.2) is 19.3 Å². The summed E-state index contributed by atoms with van der Waals surface area (Å²) in [6.45, 7) is 5.14. The van der Waals surface area contributed by atoms with E-state index >= 15 is 0 Å². The quantitative estimate of drug-likeness (QED) is 0.879. The standard InChI is InChI=1S/C12H19NO2S/c1-9-10(6-12(7-13)16-9)8-15-11-2-4-14-5-3-11/h6,11H,2-5,7-8,13H2,1H3. The van der Waals surface area contributed by atoms with Crippen molar-refractivity contribution in [2.45, 2.75) is 39.0 Å². The summed E-state index contributed by atoms with van der Waals surface area (Å²) in [5, 5.41) is 0. The Balaban J connectivity index is 1.85. The van der Waals surface area contributed by atoms with Gasteiger partial charge in [0.2, 0.25) is 0 Å². The second-order valence-electron chi connectivity index (χ2n) is 4.12. The van der Waals surface area contributed by atoms with Gasteiger partial charge >= 0.3 is 0 Å². The van der Waals surface area contributed by atoms with Crippen molar-refractivity contribution in [3.63, 3.8) is 0 Å². The van der Waals surface area contributed by atoms with Gasteiger partial charge in [-0.2, -0.15) is 0 Å². The maximum atomic E-state index is 5.89. The molecule has 3 nitrogen and oxygen atoms in total. The van der Waals surface area contributed by atoms with Crippen molar-refractivity contribution < 1.29 is 9.47 Å². The average molecular weight is 241 g/mol. The highest BCUT2D eigenvalue weighted by molar-refractivity contribution is 7.12. The van der Waals surface area contributed by atoms with E-state index in [1.807, 2.05) is 0 Å². The molecule has 0 radical (unpaired) electrons. The van der Waals surface area contributed by atoms with Gasteiger partial charge in [0.15, 0.2) is 0 Å². The largest absolute Gasteiger partial charge is 0.381 e. The minimum atomic E-state index is 0.370. The first-order chi connectivity index (χ1) is 7.79. The van der Waals surface area contributed by atoms with E-state index in [-0.39, 0.29) is 0 Å². The molecule has 0 atom stereocenters. The summed E-state index contributed by atoms with van der Waals surface area (Å²) >= 11 is 1.77. The molecule has 1 saturated heterocycles. The molecule has 0 unspecified atom stereocenters. The SMILES string of the molecule is Cc1sc(CN)cc1COC1CCOCC1. The van der Waals surface area contributed by atoms with E-state index in [2.05, 4.69) is 13.0 Å². The Kier molecular flexibility index (Phi) is 4.35. The van der Waals surface area contributed by atoms with Crippen LogP contribution in [0.3, 0.4) is 0 Å². The highest BCUT2D eigenvalue weighted by Gasteiger charge is 2.15. The number of ether oxygens (including phenoxy) is 2. The first-order valence-electron chi connectivity index (χ1n) is 5.77. The minimum absolute atomic E-state index is 0.370. The monoisotopic (exact) mass is 241 g/mol. The van der Waals surface area contributed by atoms with Gasteiger partial charge in [-0.15, -0.1) is 11.3 Å². The summed E-state index contributed by atoms with van der Waals surface area (Å²) in [6.07, 6.45) is 2.41. The highest BCUT2D eigenvalue weighted by Crippen LogP contribution is 2.23. The predicted molar refractivity (Wildman–Crippen MR) is 65.6 cm³/mol. The van der Waals surface area contributed by atoms with E-state index in [1.54, 1.807) is 11.3 Å². The third-order valence-electron chi connectivity index (χ3n) is 2.92. The van der Waals surface area contributed by atoms with Gasteiger partial charge in [0.1, 0.15) is 0 Å². The maximum Gasteiger partial charge on any atom is 0.0731 e. The molecule has 90 valence electrons. The highest BCUT2D eigenvalue weighted by atomic mass is 32.1. The van der Waals surface area contributed by atoms with Crippen molar-refractivity contribution in [2.24, 2.45) is 5.73 Å². The third-order valence-corrected chi connectivity index (χ3v) is 4.03. The lowest BCUT2D eigenvalue weighted by Gasteiger charge is -2.22. The van der Waals surface area contributed by atoms with Crippen molar-refractivity contribution in [1.29, 1.82) is 0 Å². The number of aryl methyl sites for hydroxylation is 1. The van der Waals surface area contributed by atoms with E-state index in [0.29, 0.717) is 19.3 Å². The second kappa shape index (κ2) is 5.77. The topological polar surface area (TPSA) is 44.5 Å². The molecule has 1 aromatic rings. The van der Waals surface area contributed by atoms with E-state index in [0.717, 1.165) is 26.1 Å². The Morgan fingerprint density at radius 3 is 2.88 bits per heavy atom. The Labute approximate surface area is 101 Å². The molecule has 0 aromatic carbocycles. The summed E-state index contributed by atoms with van der Waals surface area (Å²) in [4.78, 5) is 2.57. The molecule has 2 rings (SSSR count). The van der Waals surface area contributed by atoms with Crippen LogP contribution in [0, 0.1) is 6.92 Å². The Morgan fingerprint density at radius 2 is 2.25 bits per heavy atom. The van der Waals surface area contributed by atoms with Crippen molar-refractivity contribution in [3.8, 4) is 0 Å². The molecule has 4 heteroatoms. The van der Waals surface area contributed by atoms with Gasteiger partial charge in [-0.1, -0.05) is 0 Å². The van der Waals surface area contributed by atoms with Gasteiger partial charge < -0.3 is 15.2 Å². The van der Waals surface area contributed by atoms with Gasteiger partial charge in [0.25, 0.3) is 0 Å². The maximum absolute atomic E-state index is 5.89. The smallest absolute Gasteiger partial charge is 0.0731 e. The zero-order chi connectivity index (χ0) is 11.4. The van der Waals surface area contributed by atoms with E-state index in [1.165, 1.54) is 15.3 Å². The number of thiophene rings is 1. The first-order valence-corrected chi connectivity index (χ1v) is 6.59. The molecule has 1 aliphatic heterocycles. The number of rotatable bonds is 4. The fourth-order valence-corrected chi connectivity index (χ4v) is 2.81. The van der Waals surface area contributed by atoms with Gasteiger partial charge in [-0.3, -0.25) is 0 Å². The molecule has 2 N–H and O–H groups in total. The molecule has 1 fully saturated rings. The Hall–Kier alpha value is -0.420.